The first kappa shape index (κ1) is 14.9. The van der Waals surface area contributed by atoms with Gasteiger partial charge in [0.25, 0.3) is 0 Å². The van der Waals surface area contributed by atoms with Crippen LogP contribution in [0.2, 0.25) is 0 Å². The molecule has 0 bridgehead atoms. The van der Waals surface area contributed by atoms with Crippen molar-refractivity contribution in [3.63, 3.8) is 0 Å². The molecule has 0 saturated heterocycles. The van der Waals surface area contributed by atoms with Crippen LogP contribution in [0.4, 0.5) is 21.8 Å². The molecule has 23 heavy (non-hydrogen) atoms. The highest BCUT2D eigenvalue weighted by Gasteiger charge is 2.07. The number of hydrogen-bond donors (Lipinski definition) is 2. The summed E-state index contributed by atoms with van der Waals surface area (Å²) in [6.07, 6.45) is 3.44. The smallest absolute Gasteiger partial charge is 0.224 e. The Bertz CT molecular complexity index is 820. The third-order valence-electron chi connectivity index (χ3n) is 3.35. The Kier molecular flexibility index (Phi) is 4.14. The van der Waals surface area contributed by atoms with Crippen LogP contribution in [-0.4, -0.2) is 22.0 Å². The van der Waals surface area contributed by atoms with Crippen molar-refractivity contribution in [2.45, 2.75) is 6.92 Å². The van der Waals surface area contributed by atoms with Gasteiger partial charge in [0.15, 0.2) is 0 Å². The Morgan fingerprint density at radius 2 is 1.96 bits per heavy atom. The topological polar surface area (TPSA) is 62.7 Å². The number of halogens is 1. The van der Waals surface area contributed by atoms with Crippen molar-refractivity contribution >= 4 is 17.5 Å². The van der Waals surface area contributed by atoms with E-state index >= 15 is 0 Å². The predicted molar refractivity (Wildman–Crippen MR) is 89.2 cm³/mol. The van der Waals surface area contributed by atoms with Gasteiger partial charge in [-0.25, -0.2) is 9.37 Å². The van der Waals surface area contributed by atoms with E-state index in [9.17, 15) is 4.39 Å². The molecule has 0 saturated carbocycles. The molecule has 0 radical (unpaired) electrons. The number of aryl methyl sites for hydroxylation is 1. The number of rotatable bonds is 4. The molecule has 5 nitrogen and oxygen atoms in total. The van der Waals surface area contributed by atoms with Crippen molar-refractivity contribution in [1.29, 1.82) is 0 Å². The largest absolute Gasteiger partial charge is 0.357 e. The van der Waals surface area contributed by atoms with Crippen molar-refractivity contribution in [1.82, 2.24) is 15.0 Å². The summed E-state index contributed by atoms with van der Waals surface area (Å²) < 4.78 is 13.7. The van der Waals surface area contributed by atoms with Crippen molar-refractivity contribution in [2.75, 3.05) is 17.7 Å². The van der Waals surface area contributed by atoms with Crippen LogP contribution in [0.5, 0.6) is 0 Å². The van der Waals surface area contributed by atoms with Crippen molar-refractivity contribution in [3.8, 4) is 11.3 Å². The Morgan fingerprint density at radius 3 is 2.65 bits per heavy atom. The van der Waals surface area contributed by atoms with E-state index in [2.05, 4.69) is 25.6 Å². The fourth-order valence-corrected chi connectivity index (χ4v) is 2.10. The second-order valence-electron chi connectivity index (χ2n) is 5.04. The highest BCUT2D eigenvalue weighted by Crippen LogP contribution is 2.23. The van der Waals surface area contributed by atoms with Crippen LogP contribution in [0.1, 0.15) is 5.56 Å². The molecule has 116 valence electrons. The maximum absolute atomic E-state index is 13.7. The maximum atomic E-state index is 13.7. The van der Waals surface area contributed by atoms with Crippen LogP contribution in [0, 0.1) is 12.7 Å². The fraction of sp³-hybridized carbons (Fsp3) is 0.118. The zero-order chi connectivity index (χ0) is 16.2. The molecule has 0 fully saturated rings. The molecule has 0 aliphatic rings. The first-order valence-electron chi connectivity index (χ1n) is 7.16. The Balaban J connectivity index is 1.97. The third-order valence-corrected chi connectivity index (χ3v) is 3.35. The lowest BCUT2D eigenvalue weighted by Crippen LogP contribution is -2.02. The Labute approximate surface area is 133 Å². The molecule has 3 rings (SSSR count). The molecular weight excluding hydrogens is 293 g/mol. The summed E-state index contributed by atoms with van der Waals surface area (Å²) in [5.41, 5.74) is 2.84. The van der Waals surface area contributed by atoms with Crippen molar-refractivity contribution < 1.29 is 4.39 Å². The molecule has 0 aliphatic carbocycles. The number of nitrogens with one attached hydrogen (secondary N) is 2. The molecular formula is C17H16FN5. The summed E-state index contributed by atoms with van der Waals surface area (Å²) in [5.74, 6) is 0.790. The Morgan fingerprint density at radius 1 is 1.09 bits per heavy atom. The van der Waals surface area contributed by atoms with Crippen LogP contribution in [0.3, 0.4) is 0 Å². The van der Waals surface area contributed by atoms with Crippen LogP contribution in [0.15, 0.2) is 48.8 Å². The number of aromatic nitrogens is 3. The summed E-state index contributed by atoms with van der Waals surface area (Å²) >= 11 is 0. The van der Waals surface area contributed by atoms with Crippen molar-refractivity contribution in [2.24, 2.45) is 0 Å². The van der Waals surface area contributed by atoms with Crippen LogP contribution >= 0.6 is 0 Å². The molecule has 0 spiro atoms. The second kappa shape index (κ2) is 6.39. The number of benzene rings is 1. The molecule has 0 amide bonds. The van der Waals surface area contributed by atoms with Gasteiger partial charge < -0.3 is 10.6 Å². The van der Waals surface area contributed by atoms with Crippen LogP contribution < -0.4 is 10.6 Å². The van der Waals surface area contributed by atoms with Crippen LogP contribution in [-0.2, 0) is 0 Å². The lowest BCUT2D eigenvalue weighted by molar-refractivity contribution is 0.619. The number of pyridine rings is 1. The van der Waals surface area contributed by atoms with Gasteiger partial charge in [-0.1, -0.05) is 6.07 Å². The molecule has 2 N–H and O–H groups in total. The van der Waals surface area contributed by atoms with Gasteiger partial charge >= 0.3 is 0 Å². The molecule has 2 aromatic heterocycles. The first-order chi connectivity index (χ1) is 11.2. The van der Waals surface area contributed by atoms with Crippen LogP contribution in [0.25, 0.3) is 11.3 Å². The first-order valence-corrected chi connectivity index (χ1v) is 7.16. The minimum absolute atomic E-state index is 0.259. The SMILES string of the molecule is CNc1nc(Nc2ccc(C)c(F)c2)cc(-c2cccnc2)n1. The quantitative estimate of drug-likeness (QED) is 0.768. The predicted octanol–water partition coefficient (Wildman–Crippen LogP) is 3.77. The average molecular weight is 309 g/mol. The zero-order valence-electron chi connectivity index (χ0n) is 12.8. The van der Waals surface area contributed by atoms with E-state index in [-0.39, 0.29) is 5.82 Å². The molecule has 0 atom stereocenters. The number of hydrogen-bond acceptors (Lipinski definition) is 5. The Hall–Kier alpha value is -3.02. The van der Waals surface area contributed by atoms with Gasteiger partial charge in [0, 0.05) is 36.8 Å². The monoisotopic (exact) mass is 309 g/mol. The minimum Gasteiger partial charge on any atom is -0.357 e. The molecule has 1 aromatic carbocycles. The van der Waals surface area contributed by atoms with E-state index in [1.165, 1.54) is 6.07 Å². The van der Waals surface area contributed by atoms with E-state index in [1.807, 2.05) is 18.2 Å². The molecule has 6 heteroatoms. The molecule has 0 unspecified atom stereocenters. The summed E-state index contributed by atoms with van der Waals surface area (Å²) in [7, 11) is 1.75. The maximum Gasteiger partial charge on any atom is 0.224 e. The van der Waals surface area contributed by atoms with Gasteiger partial charge in [-0.2, -0.15) is 4.98 Å². The van der Waals surface area contributed by atoms with Crippen molar-refractivity contribution in [3.05, 3.63) is 60.2 Å². The number of nitrogens with zero attached hydrogens (tertiary/aromatic N) is 3. The summed E-state index contributed by atoms with van der Waals surface area (Å²) in [4.78, 5) is 12.9. The second-order valence-corrected chi connectivity index (χ2v) is 5.04. The van der Waals surface area contributed by atoms with E-state index in [4.69, 9.17) is 0 Å². The van der Waals surface area contributed by atoms with Gasteiger partial charge in [0.2, 0.25) is 5.95 Å². The summed E-state index contributed by atoms with van der Waals surface area (Å²) in [6.45, 7) is 1.73. The highest BCUT2D eigenvalue weighted by molar-refractivity contribution is 5.66. The summed E-state index contributed by atoms with van der Waals surface area (Å²) in [6, 6.07) is 10.5. The molecule has 2 heterocycles. The molecule has 3 aromatic rings. The summed E-state index contributed by atoms with van der Waals surface area (Å²) in [5, 5.41) is 6.03. The minimum atomic E-state index is -0.259. The molecule has 0 aliphatic heterocycles. The number of anilines is 3. The van der Waals surface area contributed by atoms with Gasteiger partial charge in [-0.3, -0.25) is 4.98 Å². The van der Waals surface area contributed by atoms with Gasteiger partial charge in [-0.15, -0.1) is 0 Å². The average Bonchev–Trinajstić information content (AvgIpc) is 2.58. The third kappa shape index (κ3) is 3.42. The van der Waals surface area contributed by atoms with Gasteiger partial charge in [0.1, 0.15) is 11.6 Å². The highest BCUT2D eigenvalue weighted by atomic mass is 19.1. The van der Waals surface area contributed by atoms with Gasteiger partial charge in [0.05, 0.1) is 5.69 Å². The standard InChI is InChI=1S/C17H16FN5/c1-11-5-6-13(8-14(11)18)21-16-9-15(22-17(19-2)23-16)12-4-3-7-20-10-12/h3-10H,1-2H3,(H2,19,21,22,23). The lowest BCUT2D eigenvalue weighted by atomic mass is 10.2. The lowest BCUT2D eigenvalue weighted by Gasteiger charge is -2.10. The zero-order valence-corrected chi connectivity index (χ0v) is 12.8. The van der Waals surface area contributed by atoms with E-state index in [1.54, 1.807) is 38.5 Å². The fourth-order valence-electron chi connectivity index (χ4n) is 2.10. The van der Waals surface area contributed by atoms with Gasteiger partial charge in [-0.05, 0) is 36.8 Å². The van der Waals surface area contributed by atoms with E-state index < -0.39 is 0 Å². The van der Waals surface area contributed by atoms with E-state index in [0.29, 0.717) is 23.0 Å². The normalized spacial score (nSPS) is 10.4. The van der Waals surface area contributed by atoms with E-state index in [0.717, 1.165) is 11.3 Å².